The van der Waals surface area contributed by atoms with Crippen LogP contribution >= 0.6 is 11.8 Å². The van der Waals surface area contributed by atoms with E-state index < -0.39 is 12.3 Å². The van der Waals surface area contributed by atoms with Crippen LogP contribution in [0, 0.1) is 0 Å². The van der Waals surface area contributed by atoms with Gasteiger partial charge in [0.05, 0.1) is 5.69 Å². The number of hydrogen-bond donors (Lipinski definition) is 1. The van der Waals surface area contributed by atoms with Gasteiger partial charge in [-0.15, -0.1) is 18.3 Å². The van der Waals surface area contributed by atoms with E-state index in [2.05, 4.69) is 11.9 Å². The van der Waals surface area contributed by atoms with Crippen LogP contribution in [0.5, 0.6) is 0 Å². The molecule has 1 rings (SSSR count). The maximum Gasteiger partial charge on any atom is 0.315 e. The van der Waals surface area contributed by atoms with Crippen LogP contribution in [-0.4, -0.2) is 18.1 Å². The number of para-hydroxylation sites is 1. The molecule has 0 aliphatic carbocycles. The van der Waals surface area contributed by atoms with Crippen molar-refractivity contribution in [3.63, 3.8) is 0 Å². The third kappa shape index (κ3) is 3.66. The number of anilines is 1. The van der Waals surface area contributed by atoms with E-state index >= 15 is 0 Å². The van der Waals surface area contributed by atoms with Crippen molar-refractivity contribution in [3.8, 4) is 0 Å². The fourth-order valence-corrected chi connectivity index (χ4v) is 1.78. The highest BCUT2D eigenvalue weighted by Crippen LogP contribution is 2.27. The maximum absolute atomic E-state index is 12.1. The van der Waals surface area contributed by atoms with E-state index in [0.717, 1.165) is 4.90 Å². The number of halogens is 2. The number of nitrogens with one attached hydrogen (secondary N) is 1. The summed E-state index contributed by atoms with van der Waals surface area (Å²) < 4.78 is 24.1. The van der Waals surface area contributed by atoms with Crippen molar-refractivity contribution in [1.82, 2.24) is 0 Å². The highest BCUT2D eigenvalue weighted by atomic mass is 32.2. The van der Waals surface area contributed by atoms with Crippen LogP contribution in [0.15, 0.2) is 41.8 Å². The number of carbonyl (C=O) groups excluding carboxylic acids is 1. The predicted octanol–water partition coefficient (Wildman–Crippen LogP) is 3.17. The van der Waals surface area contributed by atoms with E-state index in [1.807, 2.05) is 0 Å². The number of carbonyl (C=O) groups is 1. The molecule has 1 amide bonds. The SMILES string of the molecule is C=CCSc1ccccc1NC(=O)C(F)F. The first-order chi connectivity index (χ1) is 7.65. The molecule has 0 spiro atoms. The number of hydrogen-bond acceptors (Lipinski definition) is 2. The van der Waals surface area contributed by atoms with Crippen molar-refractivity contribution in [2.24, 2.45) is 0 Å². The standard InChI is InChI=1S/C11H11F2NOS/c1-2-7-16-9-6-4-3-5-8(9)14-11(15)10(12)13/h2-6,10H,1,7H2,(H,14,15). The van der Waals surface area contributed by atoms with Gasteiger partial charge in [-0.2, -0.15) is 8.78 Å². The topological polar surface area (TPSA) is 29.1 Å². The summed E-state index contributed by atoms with van der Waals surface area (Å²) in [4.78, 5) is 11.6. The molecule has 1 aromatic carbocycles. The predicted molar refractivity (Wildman–Crippen MR) is 62.0 cm³/mol. The summed E-state index contributed by atoms with van der Waals surface area (Å²) in [6.07, 6.45) is -1.30. The molecule has 0 heterocycles. The van der Waals surface area contributed by atoms with Gasteiger partial charge in [-0.1, -0.05) is 18.2 Å². The fourth-order valence-electron chi connectivity index (χ4n) is 1.03. The highest BCUT2D eigenvalue weighted by Gasteiger charge is 2.16. The van der Waals surface area contributed by atoms with E-state index in [1.54, 1.807) is 30.3 Å². The summed E-state index contributed by atoms with van der Waals surface area (Å²) in [5.41, 5.74) is 0.402. The average Bonchev–Trinajstić information content (AvgIpc) is 2.27. The number of thioether (sulfide) groups is 1. The van der Waals surface area contributed by atoms with Crippen LogP contribution in [0.1, 0.15) is 0 Å². The van der Waals surface area contributed by atoms with Gasteiger partial charge in [0, 0.05) is 10.6 Å². The van der Waals surface area contributed by atoms with Gasteiger partial charge in [0.15, 0.2) is 0 Å². The molecule has 0 fully saturated rings. The summed E-state index contributed by atoms with van der Waals surface area (Å²) in [5, 5.41) is 2.17. The van der Waals surface area contributed by atoms with E-state index in [1.165, 1.54) is 11.8 Å². The Morgan fingerprint density at radius 3 is 2.81 bits per heavy atom. The molecule has 0 bridgehead atoms. The van der Waals surface area contributed by atoms with Crippen LogP contribution in [0.4, 0.5) is 14.5 Å². The molecule has 0 atom stereocenters. The summed E-state index contributed by atoms with van der Waals surface area (Å²) in [7, 11) is 0. The zero-order chi connectivity index (χ0) is 12.0. The quantitative estimate of drug-likeness (QED) is 0.635. The van der Waals surface area contributed by atoms with Gasteiger partial charge in [-0.3, -0.25) is 4.79 Å². The molecular weight excluding hydrogens is 232 g/mol. The summed E-state index contributed by atoms with van der Waals surface area (Å²) in [5.74, 6) is -0.631. The molecule has 0 aliphatic heterocycles. The second-order valence-electron chi connectivity index (χ2n) is 2.89. The molecule has 0 aromatic heterocycles. The lowest BCUT2D eigenvalue weighted by Crippen LogP contribution is -2.20. The monoisotopic (exact) mass is 243 g/mol. The maximum atomic E-state index is 12.1. The zero-order valence-corrected chi connectivity index (χ0v) is 9.27. The van der Waals surface area contributed by atoms with Gasteiger partial charge in [0.25, 0.3) is 5.91 Å². The van der Waals surface area contributed by atoms with Crippen LogP contribution in [-0.2, 0) is 4.79 Å². The molecular formula is C11H11F2NOS. The Hall–Kier alpha value is -1.36. The zero-order valence-electron chi connectivity index (χ0n) is 8.45. The Bertz CT molecular complexity index is 382. The minimum atomic E-state index is -3.00. The van der Waals surface area contributed by atoms with Crippen molar-refractivity contribution in [1.29, 1.82) is 0 Å². The van der Waals surface area contributed by atoms with E-state index in [0.29, 0.717) is 11.4 Å². The molecule has 0 saturated carbocycles. The minimum absolute atomic E-state index is 0.402. The summed E-state index contributed by atoms with van der Waals surface area (Å²) >= 11 is 1.42. The van der Waals surface area contributed by atoms with Gasteiger partial charge >= 0.3 is 6.43 Å². The first-order valence-corrected chi connectivity index (χ1v) is 5.55. The van der Waals surface area contributed by atoms with Crippen molar-refractivity contribution in [2.45, 2.75) is 11.3 Å². The van der Waals surface area contributed by atoms with E-state index in [-0.39, 0.29) is 0 Å². The molecule has 0 saturated heterocycles. The van der Waals surface area contributed by atoms with E-state index in [9.17, 15) is 13.6 Å². The van der Waals surface area contributed by atoms with Gasteiger partial charge in [0.1, 0.15) is 0 Å². The van der Waals surface area contributed by atoms with Crippen molar-refractivity contribution in [3.05, 3.63) is 36.9 Å². The first kappa shape index (κ1) is 12.7. The molecule has 2 nitrogen and oxygen atoms in total. The molecule has 1 N–H and O–H groups in total. The Balaban J connectivity index is 2.78. The number of alkyl halides is 2. The smallest absolute Gasteiger partial charge is 0.315 e. The Labute approximate surface area is 96.7 Å². The molecule has 0 aliphatic rings. The molecule has 5 heteroatoms. The lowest BCUT2D eigenvalue weighted by atomic mass is 10.3. The number of benzene rings is 1. The fraction of sp³-hybridized carbons (Fsp3) is 0.182. The molecule has 0 radical (unpaired) electrons. The lowest BCUT2D eigenvalue weighted by Gasteiger charge is -2.09. The van der Waals surface area contributed by atoms with Crippen LogP contribution < -0.4 is 5.32 Å². The van der Waals surface area contributed by atoms with Crippen molar-refractivity contribution in [2.75, 3.05) is 11.1 Å². The average molecular weight is 243 g/mol. The number of rotatable bonds is 5. The highest BCUT2D eigenvalue weighted by molar-refractivity contribution is 7.99. The molecule has 1 aromatic rings. The second kappa shape index (κ2) is 6.27. The number of amides is 1. The summed E-state index contributed by atoms with van der Waals surface area (Å²) in [6.45, 7) is 3.57. The normalized spacial score (nSPS) is 10.2. The summed E-state index contributed by atoms with van der Waals surface area (Å²) in [6, 6.07) is 6.81. The second-order valence-corrected chi connectivity index (χ2v) is 3.95. The Morgan fingerprint density at radius 1 is 1.50 bits per heavy atom. The Morgan fingerprint density at radius 2 is 2.19 bits per heavy atom. The van der Waals surface area contributed by atoms with Gasteiger partial charge < -0.3 is 5.32 Å². The van der Waals surface area contributed by atoms with Crippen LogP contribution in [0.25, 0.3) is 0 Å². The Kier molecular flexibility index (Phi) is 4.98. The van der Waals surface area contributed by atoms with Gasteiger partial charge in [-0.25, -0.2) is 0 Å². The van der Waals surface area contributed by atoms with Gasteiger partial charge in [0.2, 0.25) is 0 Å². The first-order valence-electron chi connectivity index (χ1n) is 4.57. The largest absolute Gasteiger partial charge is 0.320 e. The lowest BCUT2D eigenvalue weighted by molar-refractivity contribution is -0.126. The molecule has 86 valence electrons. The van der Waals surface area contributed by atoms with Crippen molar-refractivity contribution >= 4 is 23.4 Å². The van der Waals surface area contributed by atoms with E-state index in [4.69, 9.17) is 0 Å². The van der Waals surface area contributed by atoms with Crippen LogP contribution in [0.3, 0.4) is 0 Å². The van der Waals surface area contributed by atoms with Gasteiger partial charge in [-0.05, 0) is 12.1 Å². The van der Waals surface area contributed by atoms with Crippen LogP contribution in [0.2, 0.25) is 0 Å². The molecule has 0 unspecified atom stereocenters. The minimum Gasteiger partial charge on any atom is -0.320 e. The third-order valence-corrected chi connectivity index (χ3v) is 2.77. The molecule has 16 heavy (non-hydrogen) atoms. The van der Waals surface area contributed by atoms with Crippen molar-refractivity contribution < 1.29 is 13.6 Å². The third-order valence-electron chi connectivity index (χ3n) is 1.70.